The van der Waals surface area contributed by atoms with Gasteiger partial charge in [-0.05, 0) is 18.6 Å². The van der Waals surface area contributed by atoms with Crippen LogP contribution >= 0.6 is 15.9 Å². The Hall–Kier alpha value is -1.50. The van der Waals surface area contributed by atoms with Crippen molar-refractivity contribution in [3.63, 3.8) is 0 Å². The highest BCUT2D eigenvalue weighted by molar-refractivity contribution is 9.10. The Balaban J connectivity index is 2.11. The van der Waals surface area contributed by atoms with Crippen LogP contribution in [0, 0.1) is 23.5 Å². The fourth-order valence-corrected chi connectivity index (χ4v) is 2.04. The van der Waals surface area contributed by atoms with Gasteiger partial charge in [-0.2, -0.15) is 0 Å². The molecule has 1 aromatic rings. The first-order valence-corrected chi connectivity index (χ1v) is 5.87. The number of aliphatic carboxylic acids is 1. The molecule has 0 aliphatic heterocycles. The van der Waals surface area contributed by atoms with E-state index in [9.17, 15) is 18.4 Å². The first-order chi connectivity index (χ1) is 8.40. The molecule has 1 amide bonds. The van der Waals surface area contributed by atoms with Crippen LogP contribution < -0.4 is 5.32 Å². The number of halogens is 3. The number of carboxylic acids is 1. The number of rotatable bonds is 3. The van der Waals surface area contributed by atoms with Gasteiger partial charge in [-0.25, -0.2) is 8.78 Å². The largest absolute Gasteiger partial charge is 0.481 e. The molecule has 1 fully saturated rings. The second-order valence-corrected chi connectivity index (χ2v) is 4.94. The Morgan fingerprint density at radius 3 is 2.28 bits per heavy atom. The molecule has 18 heavy (non-hydrogen) atoms. The summed E-state index contributed by atoms with van der Waals surface area (Å²) in [6.07, 6.45) is 0.195. The minimum atomic E-state index is -1.08. The van der Waals surface area contributed by atoms with E-state index in [2.05, 4.69) is 21.2 Å². The topological polar surface area (TPSA) is 66.4 Å². The van der Waals surface area contributed by atoms with Gasteiger partial charge in [-0.1, -0.05) is 15.9 Å². The van der Waals surface area contributed by atoms with E-state index in [1.165, 1.54) is 0 Å². The first-order valence-electron chi connectivity index (χ1n) is 5.08. The van der Waals surface area contributed by atoms with E-state index in [0.717, 1.165) is 12.1 Å². The second kappa shape index (κ2) is 4.64. The van der Waals surface area contributed by atoms with Crippen molar-refractivity contribution in [2.75, 3.05) is 5.32 Å². The third-order valence-electron chi connectivity index (χ3n) is 2.70. The number of anilines is 1. The van der Waals surface area contributed by atoms with Crippen LogP contribution in [0.5, 0.6) is 0 Å². The molecule has 0 spiro atoms. The van der Waals surface area contributed by atoms with Gasteiger partial charge >= 0.3 is 5.97 Å². The van der Waals surface area contributed by atoms with Crippen molar-refractivity contribution in [2.24, 2.45) is 11.8 Å². The standard InChI is InChI=1S/C11H8BrF2NO3/c12-4-1-7(13)9(8(14)2-4)15-10(16)5-3-6(5)11(17)18/h1-2,5-6H,3H2,(H,15,16)(H,17,18)/t5-,6+/m1/s1. The molecule has 1 aromatic carbocycles. The third-order valence-corrected chi connectivity index (χ3v) is 3.16. The van der Waals surface area contributed by atoms with Gasteiger partial charge < -0.3 is 10.4 Å². The highest BCUT2D eigenvalue weighted by Crippen LogP contribution is 2.39. The average molecular weight is 320 g/mol. The van der Waals surface area contributed by atoms with Gasteiger partial charge in [0.05, 0.1) is 11.8 Å². The molecular weight excluding hydrogens is 312 g/mol. The summed E-state index contributed by atoms with van der Waals surface area (Å²) in [6, 6.07) is 2.03. The van der Waals surface area contributed by atoms with E-state index in [1.54, 1.807) is 0 Å². The molecule has 96 valence electrons. The van der Waals surface area contributed by atoms with Gasteiger partial charge in [-0.3, -0.25) is 9.59 Å². The van der Waals surface area contributed by atoms with Gasteiger partial charge in [0.25, 0.3) is 0 Å². The maximum atomic E-state index is 13.4. The lowest BCUT2D eigenvalue weighted by Gasteiger charge is -2.07. The molecular formula is C11H8BrF2NO3. The van der Waals surface area contributed by atoms with E-state index in [1.807, 2.05) is 0 Å². The zero-order valence-corrected chi connectivity index (χ0v) is 10.5. The highest BCUT2D eigenvalue weighted by Gasteiger charge is 2.48. The highest BCUT2D eigenvalue weighted by atomic mass is 79.9. The summed E-state index contributed by atoms with van der Waals surface area (Å²) in [5.41, 5.74) is -0.556. The fourth-order valence-electron chi connectivity index (χ4n) is 1.64. The van der Waals surface area contributed by atoms with Crippen LogP contribution in [0.1, 0.15) is 6.42 Å². The molecule has 2 atom stereocenters. The number of carbonyl (C=O) groups excluding carboxylic acids is 1. The van der Waals surface area contributed by atoms with Crippen LogP contribution in [0.3, 0.4) is 0 Å². The van der Waals surface area contributed by atoms with Gasteiger partial charge in [0.15, 0.2) is 11.6 Å². The third kappa shape index (κ3) is 2.50. The lowest BCUT2D eigenvalue weighted by molar-refractivity contribution is -0.139. The van der Waals surface area contributed by atoms with Crippen molar-refractivity contribution in [3.05, 3.63) is 28.2 Å². The minimum Gasteiger partial charge on any atom is -0.481 e. The Morgan fingerprint density at radius 2 is 1.83 bits per heavy atom. The molecule has 0 unspecified atom stereocenters. The van der Waals surface area contributed by atoms with Crippen LogP contribution in [-0.2, 0) is 9.59 Å². The molecule has 2 rings (SSSR count). The van der Waals surface area contributed by atoms with Gasteiger partial charge in [0.1, 0.15) is 5.69 Å². The number of benzene rings is 1. The number of hydrogen-bond acceptors (Lipinski definition) is 2. The zero-order valence-electron chi connectivity index (χ0n) is 8.91. The first kappa shape index (κ1) is 12.9. The van der Waals surface area contributed by atoms with Gasteiger partial charge in [0, 0.05) is 4.47 Å². The van der Waals surface area contributed by atoms with Crippen LogP contribution in [0.2, 0.25) is 0 Å². The Morgan fingerprint density at radius 1 is 1.28 bits per heavy atom. The van der Waals surface area contributed by atoms with Crippen molar-refractivity contribution in [3.8, 4) is 0 Å². The number of hydrogen-bond donors (Lipinski definition) is 2. The summed E-state index contributed by atoms with van der Waals surface area (Å²) in [5, 5.41) is 10.7. The van der Waals surface area contributed by atoms with Crippen molar-refractivity contribution in [1.29, 1.82) is 0 Å². The summed E-state index contributed by atoms with van der Waals surface area (Å²) in [5.74, 6) is -5.06. The van der Waals surface area contributed by atoms with E-state index in [4.69, 9.17) is 5.11 Å². The van der Waals surface area contributed by atoms with Crippen molar-refractivity contribution < 1.29 is 23.5 Å². The van der Waals surface area contributed by atoms with Gasteiger partial charge in [0.2, 0.25) is 5.91 Å². The van der Waals surface area contributed by atoms with E-state index >= 15 is 0 Å². The normalized spacial score (nSPS) is 21.5. The van der Waals surface area contributed by atoms with Crippen LogP contribution in [0.4, 0.5) is 14.5 Å². The smallest absolute Gasteiger partial charge is 0.307 e. The minimum absolute atomic E-state index is 0.195. The molecule has 2 N–H and O–H groups in total. The molecule has 4 nitrogen and oxygen atoms in total. The maximum absolute atomic E-state index is 13.4. The number of carbonyl (C=O) groups is 2. The van der Waals surface area contributed by atoms with Crippen molar-refractivity contribution >= 4 is 33.5 Å². The molecule has 1 saturated carbocycles. The van der Waals surface area contributed by atoms with Gasteiger partial charge in [-0.15, -0.1) is 0 Å². The molecule has 1 aliphatic rings. The molecule has 0 heterocycles. The fraction of sp³-hybridized carbons (Fsp3) is 0.273. The lowest BCUT2D eigenvalue weighted by atomic mass is 10.2. The SMILES string of the molecule is O=C(O)[C@H]1C[C@H]1C(=O)Nc1c(F)cc(Br)cc1F. The predicted octanol–water partition coefficient (Wildman–Crippen LogP) is 2.39. The summed E-state index contributed by atoms with van der Waals surface area (Å²) in [4.78, 5) is 22.1. The summed E-state index contributed by atoms with van der Waals surface area (Å²) < 4.78 is 27.0. The van der Waals surface area contributed by atoms with Crippen molar-refractivity contribution in [2.45, 2.75) is 6.42 Å². The van der Waals surface area contributed by atoms with E-state index < -0.39 is 41.0 Å². The molecule has 1 aliphatic carbocycles. The van der Waals surface area contributed by atoms with Crippen LogP contribution in [0.15, 0.2) is 16.6 Å². The average Bonchev–Trinajstić information content (AvgIpc) is 3.02. The van der Waals surface area contributed by atoms with Crippen molar-refractivity contribution in [1.82, 2.24) is 0 Å². The maximum Gasteiger partial charge on any atom is 0.307 e. The lowest BCUT2D eigenvalue weighted by Crippen LogP contribution is -2.18. The second-order valence-electron chi connectivity index (χ2n) is 4.02. The molecule has 0 aromatic heterocycles. The summed E-state index contributed by atoms with van der Waals surface area (Å²) in [7, 11) is 0. The zero-order chi connectivity index (χ0) is 13.4. The number of amides is 1. The molecule has 7 heteroatoms. The van der Waals surface area contributed by atoms with Crippen LogP contribution in [-0.4, -0.2) is 17.0 Å². The summed E-state index contributed by atoms with van der Waals surface area (Å²) in [6.45, 7) is 0. The Labute approximate surface area is 109 Å². The van der Waals surface area contributed by atoms with Crippen LogP contribution in [0.25, 0.3) is 0 Å². The molecule has 0 saturated heterocycles. The predicted molar refractivity (Wildman–Crippen MR) is 61.9 cm³/mol. The molecule has 0 bridgehead atoms. The van der Waals surface area contributed by atoms with E-state index in [0.29, 0.717) is 0 Å². The quantitative estimate of drug-likeness (QED) is 0.899. The Kier molecular flexibility index (Phi) is 3.34. The monoisotopic (exact) mass is 319 g/mol. The number of nitrogens with one attached hydrogen (secondary N) is 1. The van der Waals surface area contributed by atoms with E-state index in [-0.39, 0.29) is 10.9 Å². The summed E-state index contributed by atoms with van der Waals surface area (Å²) >= 11 is 2.91. The molecule has 0 radical (unpaired) electrons. The Bertz CT molecular complexity index is 512. The number of carboxylic acid groups (broad SMARTS) is 1.